The van der Waals surface area contributed by atoms with E-state index < -0.39 is 16.1 Å². The van der Waals surface area contributed by atoms with Crippen molar-refractivity contribution in [2.24, 2.45) is 0 Å². The number of sulfonamides is 1. The minimum atomic E-state index is -3.63. The number of anilines is 1. The van der Waals surface area contributed by atoms with Crippen LogP contribution >= 0.6 is 20.8 Å². The summed E-state index contributed by atoms with van der Waals surface area (Å²) in [5, 5.41) is 3.80. The molecule has 0 radical (unpaired) electrons. The Labute approximate surface area is 247 Å². The first-order valence-electron chi connectivity index (χ1n) is 13.2. The highest BCUT2D eigenvalue weighted by Gasteiger charge is 2.14. The fourth-order valence-electron chi connectivity index (χ4n) is 3.76. The van der Waals surface area contributed by atoms with Gasteiger partial charge in [-0.2, -0.15) is 9.97 Å². The molecule has 220 valence electrons. The molecule has 0 bridgehead atoms. The van der Waals surface area contributed by atoms with Crippen molar-refractivity contribution in [2.45, 2.75) is 51.1 Å². The first kappa shape index (κ1) is 32.2. The number of imidazole rings is 1. The molecule has 1 amide bonds. The van der Waals surface area contributed by atoms with Crippen molar-refractivity contribution in [3.05, 3.63) is 71.3 Å². The van der Waals surface area contributed by atoms with Gasteiger partial charge in [0.2, 0.25) is 15.3 Å². The van der Waals surface area contributed by atoms with Crippen molar-refractivity contribution in [1.82, 2.24) is 29.6 Å². The number of nitrogens with zero attached hydrogens (tertiary/aromatic N) is 4. The van der Waals surface area contributed by atoms with Crippen LogP contribution in [0, 0.1) is 0 Å². The minimum Gasteiger partial charge on any atom is -0.450 e. The third-order valence-corrected chi connectivity index (χ3v) is 7.88. The highest BCUT2D eigenvalue weighted by Crippen LogP contribution is 2.18. The zero-order valence-corrected chi connectivity index (χ0v) is 25.7. The van der Waals surface area contributed by atoms with Gasteiger partial charge in [0, 0.05) is 19.6 Å². The molecule has 4 aromatic rings. The van der Waals surface area contributed by atoms with Crippen molar-refractivity contribution < 1.29 is 17.9 Å². The van der Waals surface area contributed by atoms with Crippen LogP contribution in [0.4, 0.5) is 10.6 Å². The third-order valence-electron chi connectivity index (χ3n) is 5.85. The predicted octanol–water partition coefficient (Wildman–Crippen LogP) is 3.82. The molecule has 2 heterocycles. The van der Waals surface area contributed by atoms with Crippen LogP contribution in [-0.2, 0) is 34.3 Å². The molecular formula is C27H35ClN7O4PS. The Kier molecular flexibility index (Phi) is 12.3. The number of unbranched alkanes of at least 4 members (excludes halogenated alkanes) is 1. The number of carbonyl (C=O) groups excluding carboxylic acids is 1. The highest BCUT2D eigenvalue weighted by molar-refractivity contribution is 7.89. The zero-order valence-electron chi connectivity index (χ0n) is 23.0. The molecule has 1 atom stereocenters. The van der Waals surface area contributed by atoms with Crippen LogP contribution in [0.1, 0.15) is 37.8 Å². The van der Waals surface area contributed by atoms with Gasteiger partial charge in [-0.3, -0.25) is 0 Å². The van der Waals surface area contributed by atoms with Crippen LogP contribution in [-0.4, -0.2) is 47.2 Å². The molecule has 4 N–H and O–H groups in total. The van der Waals surface area contributed by atoms with Gasteiger partial charge in [0.15, 0.2) is 11.5 Å². The van der Waals surface area contributed by atoms with Gasteiger partial charge in [-0.25, -0.2) is 22.9 Å². The number of amides is 1. The van der Waals surface area contributed by atoms with Crippen LogP contribution in [0.5, 0.6) is 0 Å². The molecule has 11 nitrogen and oxygen atoms in total. The topological polar surface area (TPSA) is 154 Å². The number of hydrogen-bond acceptors (Lipinski definition) is 8. The monoisotopic (exact) mass is 619 g/mol. The molecule has 0 saturated carbocycles. The number of aryl methyl sites for hydroxylation is 1. The lowest BCUT2D eigenvalue weighted by Gasteiger charge is -2.09. The first-order chi connectivity index (χ1) is 19.7. The summed E-state index contributed by atoms with van der Waals surface area (Å²) in [5.74, 6) is 0.227. The average Bonchev–Trinajstić information content (AvgIpc) is 3.37. The molecule has 2 aromatic carbocycles. The maximum atomic E-state index is 12.6. The fraction of sp³-hybridized carbons (Fsp3) is 0.333. The second-order valence-corrected chi connectivity index (χ2v) is 11.5. The van der Waals surface area contributed by atoms with Crippen molar-refractivity contribution in [3.63, 3.8) is 0 Å². The molecule has 0 spiro atoms. The van der Waals surface area contributed by atoms with Gasteiger partial charge < -0.3 is 20.4 Å². The summed E-state index contributed by atoms with van der Waals surface area (Å²) in [6.07, 6.45) is 3.01. The number of nitrogens with two attached hydrogens (primary N) is 1. The number of nitrogen functional groups attached to an aromatic ring is 1. The summed E-state index contributed by atoms with van der Waals surface area (Å²) in [6, 6.07) is 14.2. The highest BCUT2D eigenvalue weighted by atomic mass is 35.5. The number of hydrogen-bond donors (Lipinski definition) is 3. The van der Waals surface area contributed by atoms with E-state index in [1.54, 1.807) is 18.5 Å². The minimum absolute atomic E-state index is 0.0583. The second-order valence-electron chi connectivity index (χ2n) is 8.72. The molecule has 41 heavy (non-hydrogen) atoms. The summed E-state index contributed by atoms with van der Waals surface area (Å²) in [7, 11) is -1.01. The fourth-order valence-corrected chi connectivity index (χ4v) is 5.16. The van der Waals surface area contributed by atoms with Gasteiger partial charge in [0.05, 0.1) is 17.8 Å². The Hall–Kier alpha value is -3.31. The van der Waals surface area contributed by atoms with Crippen molar-refractivity contribution >= 4 is 59.2 Å². The molecule has 1 unspecified atom stereocenters. The Balaban J connectivity index is 0.00000226. The maximum absolute atomic E-state index is 12.6. The Morgan fingerprint density at radius 2 is 1.73 bits per heavy atom. The molecule has 14 heteroatoms. The molecular weight excluding hydrogens is 585 g/mol. The summed E-state index contributed by atoms with van der Waals surface area (Å²) in [6.45, 7) is 5.34. The first-order valence-corrected chi connectivity index (χ1v) is 15.6. The smallest absolute Gasteiger partial charge is 0.407 e. The normalized spacial score (nSPS) is 11.1. The van der Waals surface area contributed by atoms with Gasteiger partial charge in [0.25, 0.3) is 0 Å². The van der Waals surface area contributed by atoms with E-state index >= 15 is 0 Å². The standard InChI is InChI=1S/C25H29ClN7O4PS.C2H6/c26-24-31-22(27)21-23(32-24)33(16-29-21)13-1-2-14-37-25(34)28-15-18-5-9-20(10-6-18)39(35,36)30-12-11-17-3-7-19(38)8-4-17;1-2/h3-10,16,30H,1-2,11-15,38H2,(H,28,34)(H2,27,31,32);1-2H3. The predicted molar refractivity (Wildman–Crippen MR) is 165 cm³/mol. The lowest BCUT2D eigenvalue weighted by atomic mass is 10.2. The van der Waals surface area contributed by atoms with Crippen molar-refractivity contribution in [3.8, 4) is 0 Å². The number of fused-ring (bicyclic) bond motifs is 1. The lowest BCUT2D eigenvalue weighted by Crippen LogP contribution is -2.26. The van der Waals surface area contributed by atoms with Gasteiger partial charge in [-0.15, -0.1) is 9.24 Å². The van der Waals surface area contributed by atoms with E-state index in [-0.39, 0.29) is 29.1 Å². The quantitative estimate of drug-likeness (QED) is 0.123. The van der Waals surface area contributed by atoms with Crippen molar-refractivity contribution in [1.29, 1.82) is 0 Å². The van der Waals surface area contributed by atoms with E-state index in [2.05, 4.69) is 34.2 Å². The Morgan fingerprint density at radius 1 is 1.05 bits per heavy atom. The molecule has 0 saturated heterocycles. The summed E-state index contributed by atoms with van der Waals surface area (Å²) < 4.78 is 34.8. The van der Waals surface area contributed by atoms with E-state index in [4.69, 9.17) is 22.1 Å². The Bertz CT molecular complexity index is 1530. The third kappa shape index (κ3) is 9.64. The van der Waals surface area contributed by atoms with Crippen LogP contribution in [0.2, 0.25) is 5.28 Å². The van der Waals surface area contributed by atoms with E-state index in [1.165, 1.54) is 12.1 Å². The molecule has 0 aliphatic carbocycles. The number of carbonyl (C=O) groups is 1. The van der Waals surface area contributed by atoms with E-state index in [1.807, 2.05) is 42.7 Å². The Morgan fingerprint density at radius 3 is 2.44 bits per heavy atom. The van der Waals surface area contributed by atoms with Gasteiger partial charge >= 0.3 is 6.09 Å². The number of benzene rings is 2. The summed E-state index contributed by atoms with van der Waals surface area (Å²) >= 11 is 5.88. The van der Waals surface area contributed by atoms with Crippen LogP contribution < -0.4 is 21.1 Å². The molecule has 0 aliphatic heterocycles. The maximum Gasteiger partial charge on any atom is 0.407 e. The van der Waals surface area contributed by atoms with Gasteiger partial charge in [-0.05, 0) is 59.4 Å². The van der Waals surface area contributed by atoms with Crippen LogP contribution in [0.15, 0.2) is 59.8 Å². The SMILES string of the molecule is CC.Nc1nc(Cl)nc2c1ncn2CCCCOC(=O)NCc1ccc(S(=O)(=O)NCCc2ccc(P)cc2)cc1. The zero-order chi connectivity index (χ0) is 29.8. The lowest BCUT2D eigenvalue weighted by molar-refractivity contribution is 0.143. The second kappa shape index (κ2) is 15.6. The van der Waals surface area contributed by atoms with Gasteiger partial charge in [-0.1, -0.05) is 50.2 Å². The number of rotatable bonds is 12. The van der Waals surface area contributed by atoms with Crippen LogP contribution in [0.3, 0.4) is 0 Å². The number of aromatic nitrogens is 4. The number of alkyl carbamates (subject to hydrolysis) is 1. The van der Waals surface area contributed by atoms with Crippen LogP contribution in [0.25, 0.3) is 11.2 Å². The largest absolute Gasteiger partial charge is 0.450 e. The van der Waals surface area contributed by atoms with Crippen molar-refractivity contribution in [2.75, 3.05) is 18.9 Å². The van der Waals surface area contributed by atoms with E-state index in [9.17, 15) is 13.2 Å². The van der Waals surface area contributed by atoms with E-state index in [0.29, 0.717) is 43.5 Å². The van der Waals surface area contributed by atoms with Gasteiger partial charge in [0.1, 0.15) is 5.52 Å². The summed E-state index contributed by atoms with van der Waals surface area (Å²) in [4.78, 5) is 24.5. The molecule has 0 aliphatic rings. The average molecular weight is 620 g/mol. The molecule has 0 fully saturated rings. The molecule has 2 aromatic heterocycles. The number of halogens is 1. The number of ether oxygens (including phenoxy) is 1. The molecule has 4 rings (SSSR count). The number of nitrogens with one attached hydrogen (secondary N) is 2. The van der Waals surface area contributed by atoms with E-state index in [0.717, 1.165) is 16.4 Å². The summed E-state index contributed by atoms with van der Waals surface area (Å²) in [5.41, 5.74) is 8.66.